The minimum atomic E-state index is -1.14. The molecule has 390 valence electrons. The van der Waals surface area contributed by atoms with Crippen molar-refractivity contribution >= 4 is 47.3 Å². The number of fused-ring (bicyclic) bond motifs is 2. The van der Waals surface area contributed by atoms with Crippen LogP contribution in [0.15, 0.2) is 72.8 Å². The molecule has 2 aliphatic carbocycles. The second-order valence-corrected chi connectivity index (χ2v) is 19.7. The number of likely N-dealkylation sites (N-methyl/N-ethyl adjacent to an activating group) is 2. The molecule has 0 aromatic heterocycles. The largest absolute Gasteiger partial charge is 0.347 e. The average Bonchev–Trinajstić information content (AvgIpc) is 4.04. The Labute approximate surface area is 433 Å². The van der Waals surface area contributed by atoms with E-state index in [0.29, 0.717) is 12.8 Å². The van der Waals surface area contributed by atoms with Crippen molar-refractivity contribution in [2.45, 2.75) is 138 Å². The van der Waals surface area contributed by atoms with Gasteiger partial charge in [-0.2, -0.15) is 0 Å². The van der Waals surface area contributed by atoms with Crippen LogP contribution in [0.25, 0.3) is 0 Å². The Morgan fingerprint density at radius 1 is 0.581 bits per heavy atom. The van der Waals surface area contributed by atoms with Crippen LogP contribution in [-0.4, -0.2) is 133 Å². The summed E-state index contributed by atoms with van der Waals surface area (Å²) in [5.74, 6) is 0.956. The summed E-state index contributed by atoms with van der Waals surface area (Å²) in [7, 11) is 3.22. The Balaban J connectivity index is 1.07. The SMILES string of the molecule is C#CCC(NC(=O)C(C)NC)C(=O)N1CC(NC(=O)c2cccc(C(=O)NC3CC(C(=O)NC4CCCc5ccccc54)N(C(=O)C(CC#C)NC(=O)C(C)NC)C3)c2)CC1C(=O)NC1CCCc2ccccc21. The van der Waals surface area contributed by atoms with E-state index in [9.17, 15) is 38.4 Å². The standard InChI is InChI=1S/C56H68N10O8/c1-7-16-45(63-49(67)33(3)57-5)55(73)65-31-39(29-47(65)53(71)61-43-26-14-20-35-18-9-11-24-41(35)43)59-51(69)37-22-13-23-38(28-37)52(70)60-40-30-48(54(72)62-44-27-15-21-36-19-10-12-25-42(36)44)66(32-40)56(74)46(17-8-2)64-50(68)34(4)58-6/h1-2,9-13,18-19,22-25,28,33-34,39-40,43-48,57-58H,14-17,20-21,26-27,29-32H2,3-6H3,(H,59,69)(H,60,70)(H,61,71)(H,62,72)(H,63,67)(H,64,68). The highest BCUT2D eigenvalue weighted by atomic mass is 16.2. The van der Waals surface area contributed by atoms with Crippen molar-refractivity contribution in [3.63, 3.8) is 0 Å². The van der Waals surface area contributed by atoms with Crippen molar-refractivity contribution in [3.05, 3.63) is 106 Å². The summed E-state index contributed by atoms with van der Waals surface area (Å²) in [5, 5.41) is 23.4. The minimum Gasteiger partial charge on any atom is -0.347 e. The Kier molecular flexibility index (Phi) is 18.3. The minimum absolute atomic E-state index is 0.0563. The molecule has 2 aliphatic heterocycles. The molecule has 8 N–H and O–H groups in total. The first kappa shape index (κ1) is 54.2. The van der Waals surface area contributed by atoms with E-state index in [4.69, 9.17) is 12.8 Å². The Morgan fingerprint density at radius 2 is 0.986 bits per heavy atom. The smallest absolute Gasteiger partial charge is 0.251 e. The number of carbonyl (C=O) groups excluding carboxylic acids is 8. The van der Waals surface area contributed by atoms with Crippen LogP contribution in [0.4, 0.5) is 0 Å². The van der Waals surface area contributed by atoms with Gasteiger partial charge in [0.2, 0.25) is 35.4 Å². The van der Waals surface area contributed by atoms with Crippen molar-refractivity contribution < 1.29 is 38.4 Å². The first-order valence-electron chi connectivity index (χ1n) is 25.6. The number of nitrogens with zero attached hydrogens (tertiary/aromatic N) is 2. The molecule has 8 amide bonds. The Hall–Kier alpha value is -7.54. The number of terminal acetylenes is 2. The fraction of sp³-hybridized carbons (Fsp3) is 0.464. The molecule has 4 aliphatic rings. The number of likely N-dealkylation sites (tertiary alicyclic amines) is 2. The predicted molar refractivity (Wildman–Crippen MR) is 278 cm³/mol. The van der Waals surface area contributed by atoms with E-state index in [-0.39, 0.29) is 62.0 Å². The zero-order valence-electron chi connectivity index (χ0n) is 42.5. The fourth-order valence-corrected chi connectivity index (χ4v) is 10.4. The van der Waals surface area contributed by atoms with Crippen LogP contribution in [0.3, 0.4) is 0 Å². The van der Waals surface area contributed by atoms with E-state index in [0.717, 1.165) is 47.9 Å². The van der Waals surface area contributed by atoms with E-state index >= 15 is 0 Å². The normalized spacial score (nSPS) is 22.4. The molecular weight excluding hydrogens is 941 g/mol. The lowest BCUT2D eigenvalue weighted by Crippen LogP contribution is -2.55. The van der Waals surface area contributed by atoms with Crippen LogP contribution in [0, 0.1) is 24.7 Å². The van der Waals surface area contributed by atoms with Gasteiger partial charge < -0.3 is 52.3 Å². The molecule has 3 aromatic carbocycles. The third-order valence-corrected chi connectivity index (χ3v) is 14.7. The summed E-state index contributed by atoms with van der Waals surface area (Å²) in [6.45, 7) is 3.14. The summed E-state index contributed by atoms with van der Waals surface area (Å²) >= 11 is 0. The van der Waals surface area contributed by atoms with E-state index in [2.05, 4.69) is 54.4 Å². The summed E-state index contributed by atoms with van der Waals surface area (Å²) in [4.78, 5) is 114. The number of nitrogens with one attached hydrogen (secondary N) is 8. The van der Waals surface area contributed by atoms with Gasteiger partial charge in [0, 0.05) is 49.1 Å². The van der Waals surface area contributed by atoms with E-state index < -0.39 is 95.6 Å². The average molecular weight is 1010 g/mol. The summed E-state index contributed by atoms with van der Waals surface area (Å²) in [6, 6.07) is 14.3. The highest BCUT2D eigenvalue weighted by Crippen LogP contribution is 2.32. The Morgan fingerprint density at radius 3 is 1.38 bits per heavy atom. The van der Waals surface area contributed by atoms with E-state index in [1.54, 1.807) is 34.0 Å². The molecule has 0 spiro atoms. The molecule has 0 saturated carbocycles. The van der Waals surface area contributed by atoms with Gasteiger partial charge in [-0.1, -0.05) is 54.6 Å². The summed E-state index contributed by atoms with van der Waals surface area (Å²) in [6.07, 6.45) is 16.1. The molecule has 74 heavy (non-hydrogen) atoms. The van der Waals surface area contributed by atoms with Gasteiger partial charge >= 0.3 is 0 Å². The second kappa shape index (κ2) is 24.9. The third kappa shape index (κ3) is 12.8. The maximum absolute atomic E-state index is 14.3. The first-order valence-corrected chi connectivity index (χ1v) is 25.6. The number of hydrogen-bond acceptors (Lipinski definition) is 10. The topological polar surface area (TPSA) is 239 Å². The molecule has 18 nitrogen and oxygen atoms in total. The van der Waals surface area contributed by atoms with E-state index in [1.165, 1.54) is 28.0 Å². The van der Waals surface area contributed by atoms with Crippen LogP contribution in [0.2, 0.25) is 0 Å². The van der Waals surface area contributed by atoms with Crippen LogP contribution in [0.1, 0.15) is 120 Å². The number of rotatable bonds is 18. The highest BCUT2D eigenvalue weighted by molar-refractivity contribution is 6.01. The second-order valence-electron chi connectivity index (χ2n) is 19.7. The first-order chi connectivity index (χ1) is 35.6. The van der Waals surface area contributed by atoms with Crippen molar-refractivity contribution in [2.75, 3.05) is 27.2 Å². The molecule has 2 fully saturated rings. The van der Waals surface area contributed by atoms with Gasteiger partial charge in [-0.25, -0.2) is 0 Å². The van der Waals surface area contributed by atoms with Gasteiger partial charge in [-0.15, -0.1) is 24.7 Å². The van der Waals surface area contributed by atoms with Gasteiger partial charge in [0.05, 0.1) is 24.2 Å². The molecule has 0 bridgehead atoms. The predicted octanol–water partition coefficient (Wildman–Crippen LogP) is 1.70. The Bertz CT molecular complexity index is 2520. The number of carbonyl (C=O) groups is 8. The lowest BCUT2D eigenvalue weighted by Gasteiger charge is -2.31. The van der Waals surface area contributed by atoms with Crippen molar-refractivity contribution in [1.82, 2.24) is 52.3 Å². The zero-order chi connectivity index (χ0) is 53.1. The number of aryl methyl sites for hydroxylation is 2. The maximum atomic E-state index is 14.3. The van der Waals surface area contributed by atoms with E-state index in [1.807, 2.05) is 48.5 Å². The van der Waals surface area contributed by atoms with Crippen LogP contribution < -0.4 is 42.5 Å². The number of amides is 8. The molecule has 18 heteroatoms. The molecule has 3 aromatic rings. The third-order valence-electron chi connectivity index (χ3n) is 14.7. The van der Waals surface area contributed by atoms with Crippen LogP contribution >= 0.6 is 0 Å². The molecule has 2 saturated heterocycles. The van der Waals surface area contributed by atoms with Gasteiger partial charge in [0.15, 0.2) is 0 Å². The van der Waals surface area contributed by atoms with Gasteiger partial charge in [-0.05, 0) is 120 Å². The van der Waals surface area contributed by atoms with Gasteiger partial charge in [-0.3, -0.25) is 38.4 Å². The molecule has 10 atom stereocenters. The molecular formula is C56H68N10O8. The quantitative estimate of drug-likeness (QED) is 0.0859. The number of benzene rings is 3. The lowest BCUT2D eigenvalue weighted by atomic mass is 9.87. The van der Waals surface area contributed by atoms with Crippen LogP contribution in [0.5, 0.6) is 0 Å². The lowest BCUT2D eigenvalue weighted by molar-refractivity contribution is -0.141. The molecule has 2 heterocycles. The number of hydrogen-bond donors (Lipinski definition) is 8. The van der Waals surface area contributed by atoms with Crippen molar-refractivity contribution in [1.29, 1.82) is 0 Å². The molecule has 7 rings (SSSR count). The molecule has 10 unspecified atom stereocenters. The fourth-order valence-electron chi connectivity index (χ4n) is 10.4. The summed E-state index contributed by atoms with van der Waals surface area (Å²) in [5.41, 5.74) is 4.54. The zero-order valence-corrected chi connectivity index (χ0v) is 42.5. The monoisotopic (exact) mass is 1010 g/mol. The maximum Gasteiger partial charge on any atom is 0.251 e. The van der Waals surface area contributed by atoms with Crippen molar-refractivity contribution in [2.24, 2.45) is 0 Å². The summed E-state index contributed by atoms with van der Waals surface area (Å²) < 4.78 is 0. The van der Waals surface area contributed by atoms with Gasteiger partial charge in [0.1, 0.15) is 24.2 Å². The molecule has 0 radical (unpaired) electrons. The van der Waals surface area contributed by atoms with Crippen molar-refractivity contribution in [3.8, 4) is 24.7 Å². The van der Waals surface area contributed by atoms with Gasteiger partial charge in [0.25, 0.3) is 11.8 Å². The van der Waals surface area contributed by atoms with Crippen LogP contribution in [-0.2, 0) is 41.6 Å². The highest BCUT2D eigenvalue weighted by Gasteiger charge is 2.45.